The number of rotatable bonds is 3. The Kier molecular flexibility index (Phi) is 4.33. The summed E-state index contributed by atoms with van der Waals surface area (Å²) in [6.45, 7) is 1.75. The zero-order valence-corrected chi connectivity index (χ0v) is 15.8. The number of H-pyrrole nitrogens is 2. The van der Waals surface area contributed by atoms with E-state index in [2.05, 4.69) is 25.1 Å². The van der Waals surface area contributed by atoms with Crippen molar-refractivity contribution in [2.45, 2.75) is 18.9 Å². The molecule has 0 bridgehead atoms. The van der Waals surface area contributed by atoms with Gasteiger partial charge in [0.25, 0.3) is 5.56 Å². The second-order valence-electron chi connectivity index (χ2n) is 7.33. The maximum Gasteiger partial charge on any atom is 0.255 e. The lowest BCUT2D eigenvalue weighted by atomic mass is 10.0. The molecule has 146 valence electrons. The molecule has 0 aliphatic carbocycles. The van der Waals surface area contributed by atoms with Crippen LogP contribution >= 0.6 is 0 Å². The molecule has 0 amide bonds. The van der Waals surface area contributed by atoms with E-state index in [1.165, 1.54) is 0 Å². The molecule has 4 N–H and O–H groups in total. The summed E-state index contributed by atoms with van der Waals surface area (Å²) in [7, 11) is 0. The molecule has 8 heteroatoms. The Balaban J connectivity index is 1.55. The van der Waals surface area contributed by atoms with Crippen LogP contribution in [0.25, 0.3) is 33.4 Å². The fourth-order valence-electron chi connectivity index (χ4n) is 3.78. The molecule has 0 radical (unpaired) electrons. The third-order valence-corrected chi connectivity index (χ3v) is 5.42. The predicted molar refractivity (Wildman–Crippen MR) is 113 cm³/mol. The highest BCUT2D eigenvalue weighted by atomic mass is 16.1. The minimum atomic E-state index is -0.123. The van der Waals surface area contributed by atoms with E-state index in [9.17, 15) is 4.79 Å². The number of nitrogens with one attached hydrogen (secondary N) is 2. The molecule has 4 heterocycles. The lowest BCUT2D eigenvalue weighted by Crippen LogP contribution is -2.40. The third kappa shape index (κ3) is 3.27. The van der Waals surface area contributed by atoms with E-state index < -0.39 is 0 Å². The van der Waals surface area contributed by atoms with Crippen LogP contribution in [0.4, 0.5) is 5.82 Å². The second-order valence-corrected chi connectivity index (χ2v) is 7.33. The minimum Gasteiger partial charge on any atom is -0.355 e. The Morgan fingerprint density at radius 1 is 1.14 bits per heavy atom. The number of hydrogen-bond acceptors (Lipinski definition) is 6. The third-order valence-electron chi connectivity index (χ3n) is 5.42. The molecule has 1 aromatic carbocycles. The Morgan fingerprint density at radius 3 is 2.83 bits per heavy atom. The number of piperidine rings is 1. The average Bonchev–Trinajstić information content (AvgIpc) is 3.18. The van der Waals surface area contributed by atoms with E-state index in [-0.39, 0.29) is 11.6 Å². The highest BCUT2D eigenvalue weighted by molar-refractivity contribution is 5.94. The fraction of sp³-hybridized carbons (Fsp3) is 0.238. The van der Waals surface area contributed by atoms with E-state index in [1.54, 1.807) is 24.7 Å². The summed E-state index contributed by atoms with van der Waals surface area (Å²) in [5.74, 6) is 0.834. The standard InChI is InChI=1S/C21H21N7O/c22-14-5-8-28(9-6-14)19-12-23-11-18(25-19)20-16-10-13(3-4-17(16)26-27-20)15-2-1-7-24-21(15)29/h1-4,7,10-12,14H,5-6,8-9,22H2,(H,24,29)(H,26,27). The van der Waals surface area contributed by atoms with Crippen molar-refractivity contribution in [3.63, 3.8) is 0 Å². The van der Waals surface area contributed by atoms with Gasteiger partial charge >= 0.3 is 0 Å². The first-order valence-electron chi connectivity index (χ1n) is 9.68. The van der Waals surface area contributed by atoms with Crippen LogP contribution in [0.3, 0.4) is 0 Å². The lowest BCUT2D eigenvalue weighted by Gasteiger charge is -2.30. The fourth-order valence-corrected chi connectivity index (χ4v) is 3.78. The summed E-state index contributed by atoms with van der Waals surface area (Å²) in [6.07, 6.45) is 7.03. The first-order chi connectivity index (χ1) is 14.2. The van der Waals surface area contributed by atoms with Crippen LogP contribution in [0, 0.1) is 0 Å². The molecule has 1 fully saturated rings. The van der Waals surface area contributed by atoms with Crippen molar-refractivity contribution in [3.05, 3.63) is 59.3 Å². The van der Waals surface area contributed by atoms with Gasteiger partial charge in [-0.1, -0.05) is 6.07 Å². The molecular formula is C21H21N7O. The van der Waals surface area contributed by atoms with Gasteiger partial charge in [0.05, 0.1) is 17.9 Å². The quantitative estimate of drug-likeness (QED) is 0.497. The van der Waals surface area contributed by atoms with Crippen molar-refractivity contribution in [1.29, 1.82) is 0 Å². The van der Waals surface area contributed by atoms with Crippen molar-refractivity contribution in [2.24, 2.45) is 5.73 Å². The zero-order chi connectivity index (χ0) is 19.8. The molecule has 5 rings (SSSR count). The molecule has 3 aromatic heterocycles. The van der Waals surface area contributed by atoms with E-state index in [1.807, 2.05) is 24.3 Å². The number of nitrogens with zero attached hydrogens (tertiary/aromatic N) is 4. The lowest BCUT2D eigenvalue weighted by molar-refractivity contribution is 0.498. The SMILES string of the molecule is NC1CCN(c2cncc(-c3n[nH]c4ccc(-c5ccc[nH]c5=O)cc34)n2)CC1. The van der Waals surface area contributed by atoms with Crippen molar-refractivity contribution in [3.8, 4) is 22.5 Å². The number of benzene rings is 1. The summed E-state index contributed by atoms with van der Waals surface area (Å²) in [5, 5.41) is 8.42. The number of fused-ring (bicyclic) bond motifs is 1. The molecule has 0 spiro atoms. The summed E-state index contributed by atoms with van der Waals surface area (Å²) in [4.78, 5) is 26.3. The normalized spacial score (nSPS) is 15.1. The van der Waals surface area contributed by atoms with Crippen LogP contribution in [0.1, 0.15) is 12.8 Å². The zero-order valence-electron chi connectivity index (χ0n) is 15.8. The molecule has 29 heavy (non-hydrogen) atoms. The van der Waals surface area contributed by atoms with Crippen molar-refractivity contribution >= 4 is 16.7 Å². The predicted octanol–water partition coefficient (Wildman–Crippen LogP) is 2.30. The number of hydrogen-bond donors (Lipinski definition) is 3. The molecule has 0 saturated carbocycles. The maximum atomic E-state index is 12.2. The number of pyridine rings is 1. The Labute approximate surface area is 166 Å². The first kappa shape index (κ1) is 17.6. The molecule has 0 atom stereocenters. The highest BCUT2D eigenvalue weighted by Crippen LogP contribution is 2.29. The van der Waals surface area contributed by atoms with Gasteiger partial charge in [-0.05, 0) is 42.7 Å². The van der Waals surface area contributed by atoms with Crippen LogP contribution in [0.15, 0.2) is 53.7 Å². The van der Waals surface area contributed by atoms with E-state index in [4.69, 9.17) is 10.7 Å². The van der Waals surface area contributed by atoms with Crippen LogP contribution < -0.4 is 16.2 Å². The van der Waals surface area contributed by atoms with E-state index in [0.717, 1.165) is 53.9 Å². The Hall–Kier alpha value is -3.52. The van der Waals surface area contributed by atoms with E-state index in [0.29, 0.717) is 11.3 Å². The smallest absolute Gasteiger partial charge is 0.255 e. The Morgan fingerprint density at radius 2 is 2.00 bits per heavy atom. The molecule has 1 aliphatic heterocycles. The van der Waals surface area contributed by atoms with Crippen LogP contribution in [-0.2, 0) is 0 Å². The summed E-state index contributed by atoms with van der Waals surface area (Å²) < 4.78 is 0. The molecule has 0 unspecified atom stereocenters. The van der Waals surface area contributed by atoms with Gasteiger partial charge in [-0.15, -0.1) is 0 Å². The van der Waals surface area contributed by atoms with Crippen LogP contribution in [0.5, 0.6) is 0 Å². The molecule has 1 aliphatic rings. The molecule has 8 nitrogen and oxygen atoms in total. The Bertz CT molecular complexity index is 1220. The van der Waals surface area contributed by atoms with Gasteiger partial charge in [-0.3, -0.25) is 14.9 Å². The van der Waals surface area contributed by atoms with Crippen molar-refractivity contribution < 1.29 is 0 Å². The largest absolute Gasteiger partial charge is 0.355 e. The summed E-state index contributed by atoms with van der Waals surface area (Å²) >= 11 is 0. The van der Waals surface area contributed by atoms with Gasteiger partial charge in [-0.25, -0.2) is 4.98 Å². The van der Waals surface area contributed by atoms with Crippen LogP contribution in [0.2, 0.25) is 0 Å². The van der Waals surface area contributed by atoms with Gasteiger partial charge in [0.2, 0.25) is 0 Å². The highest BCUT2D eigenvalue weighted by Gasteiger charge is 2.19. The maximum absolute atomic E-state index is 12.2. The first-order valence-corrected chi connectivity index (χ1v) is 9.68. The second kappa shape index (κ2) is 7.14. The molecule has 4 aromatic rings. The van der Waals surface area contributed by atoms with E-state index >= 15 is 0 Å². The van der Waals surface area contributed by atoms with Gasteiger partial charge in [0.15, 0.2) is 0 Å². The van der Waals surface area contributed by atoms with Crippen molar-refractivity contribution in [1.82, 2.24) is 25.1 Å². The summed E-state index contributed by atoms with van der Waals surface area (Å²) in [6, 6.07) is 9.69. The topological polar surface area (TPSA) is 117 Å². The number of aromatic nitrogens is 5. The van der Waals surface area contributed by atoms with Gasteiger partial charge in [0, 0.05) is 36.3 Å². The monoisotopic (exact) mass is 387 g/mol. The number of aromatic amines is 2. The summed E-state index contributed by atoms with van der Waals surface area (Å²) in [5.41, 5.74) is 9.64. The van der Waals surface area contributed by atoms with Crippen molar-refractivity contribution in [2.75, 3.05) is 18.0 Å². The number of nitrogens with two attached hydrogens (primary N) is 1. The van der Waals surface area contributed by atoms with Gasteiger partial charge in [0.1, 0.15) is 17.2 Å². The minimum absolute atomic E-state index is 0.123. The number of anilines is 1. The molecule has 1 saturated heterocycles. The van der Waals surface area contributed by atoms with Crippen LogP contribution in [-0.4, -0.2) is 44.3 Å². The van der Waals surface area contributed by atoms with Gasteiger partial charge < -0.3 is 15.6 Å². The molecular weight excluding hydrogens is 366 g/mol. The average molecular weight is 387 g/mol. The van der Waals surface area contributed by atoms with Gasteiger partial charge in [-0.2, -0.15) is 5.10 Å².